The van der Waals surface area contributed by atoms with Crippen molar-refractivity contribution in [3.05, 3.63) is 50.4 Å². The molecule has 0 amide bonds. The molecule has 0 saturated heterocycles. The highest BCUT2D eigenvalue weighted by Crippen LogP contribution is 2.23. The number of carbonyl (C=O) groups excluding carboxylic acids is 1. The molecule has 0 unspecified atom stereocenters. The van der Waals surface area contributed by atoms with Gasteiger partial charge in [0, 0.05) is 28.9 Å². The lowest BCUT2D eigenvalue weighted by molar-refractivity contribution is 0.103. The Morgan fingerprint density at radius 1 is 1.53 bits per heavy atom. The van der Waals surface area contributed by atoms with Crippen LogP contribution in [0, 0.1) is 6.92 Å². The van der Waals surface area contributed by atoms with Gasteiger partial charge in [0.2, 0.25) is 0 Å². The van der Waals surface area contributed by atoms with Gasteiger partial charge in [-0.1, -0.05) is 0 Å². The first-order chi connectivity index (χ1) is 7.18. The predicted molar refractivity (Wildman–Crippen MR) is 64.4 cm³/mol. The third kappa shape index (κ3) is 2.16. The number of aryl methyl sites for hydroxylation is 1. The normalized spacial score (nSPS) is 10.3. The summed E-state index contributed by atoms with van der Waals surface area (Å²) >= 11 is 4.85. The van der Waals surface area contributed by atoms with Crippen LogP contribution in [-0.4, -0.2) is 10.8 Å². The van der Waals surface area contributed by atoms with Gasteiger partial charge in [-0.3, -0.25) is 9.78 Å². The minimum atomic E-state index is 0.0301. The van der Waals surface area contributed by atoms with Crippen LogP contribution >= 0.6 is 27.3 Å². The smallest absolute Gasteiger partial charge is 0.195 e. The Morgan fingerprint density at radius 3 is 2.93 bits per heavy atom. The third-order valence-corrected chi connectivity index (χ3v) is 3.62. The monoisotopic (exact) mass is 281 g/mol. The van der Waals surface area contributed by atoms with E-state index in [4.69, 9.17) is 0 Å². The second kappa shape index (κ2) is 4.24. The number of carbonyl (C=O) groups is 1. The number of thiophene rings is 1. The van der Waals surface area contributed by atoms with Crippen molar-refractivity contribution in [3.8, 4) is 0 Å². The molecule has 0 aliphatic carbocycles. The van der Waals surface area contributed by atoms with E-state index < -0.39 is 0 Å². The van der Waals surface area contributed by atoms with Crippen LogP contribution in [0.4, 0.5) is 0 Å². The van der Waals surface area contributed by atoms with E-state index in [2.05, 4.69) is 20.9 Å². The van der Waals surface area contributed by atoms with Gasteiger partial charge in [-0.25, -0.2) is 0 Å². The minimum Gasteiger partial charge on any atom is -0.289 e. The van der Waals surface area contributed by atoms with Crippen molar-refractivity contribution in [1.29, 1.82) is 0 Å². The van der Waals surface area contributed by atoms with Crippen molar-refractivity contribution >= 4 is 33.0 Å². The maximum Gasteiger partial charge on any atom is 0.195 e. The van der Waals surface area contributed by atoms with Gasteiger partial charge in [0.25, 0.3) is 0 Å². The summed E-state index contributed by atoms with van der Waals surface area (Å²) in [6.45, 7) is 1.91. The number of aromatic nitrogens is 1. The van der Waals surface area contributed by atoms with Crippen molar-refractivity contribution < 1.29 is 4.79 Å². The maximum absolute atomic E-state index is 12.0. The van der Waals surface area contributed by atoms with Gasteiger partial charge in [-0.05, 0) is 40.5 Å². The molecule has 0 radical (unpaired) electrons. The summed E-state index contributed by atoms with van der Waals surface area (Å²) in [5, 5.41) is 1.85. The number of hydrogen-bond acceptors (Lipinski definition) is 3. The average molecular weight is 282 g/mol. The van der Waals surface area contributed by atoms with Crippen LogP contribution in [0.3, 0.4) is 0 Å². The Morgan fingerprint density at radius 2 is 2.33 bits per heavy atom. The van der Waals surface area contributed by atoms with Crippen molar-refractivity contribution in [2.75, 3.05) is 0 Å². The van der Waals surface area contributed by atoms with Gasteiger partial charge in [0.15, 0.2) is 5.78 Å². The Labute approximate surface area is 100 Å². The molecule has 0 atom stereocenters. The summed E-state index contributed by atoms with van der Waals surface area (Å²) in [5.41, 5.74) is 2.34. The third-order valence-electron chi connectivity index (χ3n) is 2.11. The van der Waals surface area contributed by atoms with Gasteiger partial charge < -0.3 is 0 Å². The Bertz CT molecular complexity index is 507. The Balaban J connectivity index is 2.41. The van der Waals surface area contributed by atoms with E-state index >= 15 is 0 Å². The van der Waals surface area contributed by atoms with Crippen LogP contribution in [0.25, 0.3) is 0 Å². The van der Waals surface area contributed by atoms with Crippen LogP contribution in [-0.2, 0) is 0 Å². The largest absolute Gasteiger partial charge is 0.289 e. The second-order valence-electron chi connectivity index (χ2n) is 3.16. The molecule has 0 spiro atoms. The van der Waals surface area contributed by atoms with Gasteiger partial charge >= 0.3 is 0 Å². The molecule has 4 heteroatoms. The highest BCUT2D eigenvalue weighted by Gasteiger charge is 2.12. The summed E-state index contributed by atoms with van der Waals surface area (Å²) < 4.78 is 0.965. The number of pyridine rings is 1. The molecule has 2 nitrogen and oxygen atoms in total. The topological polar surface area (TPSA) is 30.0 Å². The van der Waals surface area contributed by atoms with Crippen molar-refractivity contribution in [3.63, 3.8) is 0 Å². The fraction of sp³-hybridized carbons (Fsp3) is 0.0909. The zero-order chi connectivity index (χ0) is 10.8. The van der Waals surface area contributed by atoms with E-state index in [1.54, 1.807) is 12.4 Å². The van der Waals surface area contributed by atoms with Gasteiger partial charge in [0.1, 0.15) is 0 Å². The summed E-state index contributed by atoms with van der Waals surface area (Å²) in [7, 11) is 0. The van der Waals surface area contributed by atoms with Crippen molar-refractivity contribution in [2.24, 2.45) is 0 Å². The second-order valence-corrected chi connectivity index (χ2v) is 5.45. The molecule has 0 aliphatic heterocycles. The summed E-state index contributed by atoms with van der Waals surface area (Å²) in [6, 6.07) is 3.67. The number of ketones is 1. The molecule has 2 heterocycles. The molecule has 2 rings (SSSR count). The van der Waals surface area contributed by atoms with Crippen LogP contribution in [0.2, 0.25) is 0 Å². The summed E-state index contributed by atoms with van der Waals surface area (Å²) in [5.74, 6) is 0.0301. The summed E-state index contributed by atoms with van der Waals surface area (Å²) in [6.07, 6.45) is 3.30. The van der Waals surface area contributed by atoms with Crippen LogP contribution in [0.15, 0.2) is 33.7 Å². The fourth-order valence-corrected chi connectivity index (χ4v) is 2.42. The fourth-order valence-electron chi connectivity index (χ4n) is 1.29. The zero-order valence-corrected chi connectivity index (χ0v) is 10.4. The SMILES string of the molecule is Cc1ccncc1C(=O)c1csc(Br)c1. The minimum absolute atomic E-state index is 0.0301. The van der Waals surface area contributed by atoms with E-state index in [0.717, 1.165) is 9.35 Å². The molecule has 0 fully saturated rings. The molecule has 15 heavy (non-hydrogen) atoms. The van der Waals surface area contributed by atoms with Crippen molar-refractivity contribution in [2.45, 2.75) is 6.92 Å². The molecular formula is C11H8BrNOS. The van der Waals surface area contributed by atoms with E-state index in [1.807, 2.05) is 24.4 Å². The lowest BCUT2D eigenvalue weighted by atomic mass is 10.0. The molecule has 0 bridgehead atoms. The number of rotatable bonds is 2. The molecule has 0 aromatic carbocycles. The van der Waals surface area contributed by atoms with Gasteiger partial charge in [0.05, 0.1) is 3.79 Å². The highest BCUT2D eigenvalue weighted by molar-refractivity contribution is 9.11. The average Bonchev–Trinajstić information content (AvgIpc) is 2.65. The van der Waals surface area contributed by atoms with Crippen LogP contribution in [0.5, 0.6) is 0 Å². The van der Waals surface area contributed by atoms with E-state index in [-0.39, 0.29) is 5.78 Å². The molecular weight excluding hydrogens is 274 g/mol. The van der Waals surface area contributed by atoms with Crippen LogP contribution in [0.1, 0.15) is 21.5 Å². The van der Waals surface area contributed by atoms with Gasteiger partial charge in [-0.2, -0.15) is 0 Å². The molecule has 2 aromatic heterocycles. The standard InChI is InChI=1S/C11H8BrNOS/c1-7-2-3-13-5-9(7)11(14)8-4-10(12)15-6-8/h2-6H,1H3. The van der Waals surface area contributed by atoms with E-state index in [0.29, 0.717) is 11.1 Å². The van der Waals surface area contributed by atoms with E-state index in [9.17, 15) is 4.79 Å². The molecule has 76 valence electrons. The molecule has 0 saturated carbocycles. The summed E-state index contributed by atoms with van der Waals surface area (Å²) in [4.78, 5) is 16.0. The number of halogens is 1. The molecule has 0 aliphatic rings. The molecule has 2 aromatic rings. The maximum atomic E-state index is 12.0. The van der Waals surface area contributed by atoms with Crippen molar-refractivity contribution in [1.82, 2.24) is 4.98 Å². The van der Waals surface area contributed by atoms with E-state index in [1.165, 1.54) is 11.3 Å². The first-order valence-corrected chi connectivity index (χ1v) is 6.05. The lowest BCUT2D eigenvalue weighted by Gasteiger charge is -2.01. The first-order valence-electron chi connectivity index (χ1n) is 4.38. The quantitative estimate of drug-likeness (QED) is 0.790. The number of hydrogen-bond donors (Lipinski definition) is 0. The number of nitrogens with zero attached hydrogens (tertiary/aromatic N) is 1. The first kappa shape index (κ1) is 10.5. The Hall–Kier alpha value is -1.00. The molecule has 0 N–H and O–H groups in total. The van der Waals surface area contributed by atoms with Gasteiger partial charge in [-0.15, -0.1) is 11.3 Å². The predicted octanol–water partition coefficient (Wildman–Crippen LogP) is 3.45. The highest BCUT2D eigenvalue weighted by atomic mass is 79.9. The van der Waals surface area contributed by atoms with Crippen LogP contribution < -0.4 is 0 Å². The lowest BCUT2D eigenvalue weighted by Crippen LogP contribution is -2.02. The Kier molecular flexibility index (Phi) is 2.98. The zero-order valence-electron chi connectivity index (χ0n) is 8.03.